The number of aliphatic hydroxyl groups excluding tert-OH is 1. The summed E-state index contributed by atoms with van der Waals surface area (Å²) in [7, 11) is 0. The normalized spacial score (nSPS) is 52.4. The number of fused-ring (bicyclic) bond motifs is 5. The molecule has 4 aliphatic rings. The lowest BCUT2D eigenvalue weighted by Gasteiger charge is -2.61. The van der Waals surface area contributed by atoms with Crippen LogP contribution in [-0.4, -0.2) is 23.7 Å². The third-order valence-corrected chi connectivity index (χ3v) is 9.10. The molecule has 0 aromatic carbocycles. The molecule has 0 amide bonds. The molecule has 0 bridgehead atoms. The summed E-state index contributed by atoms with van der Waals surface area (Å²) < 4.78 is 42.9. The highest BCUT2D eigenvalue weighted by Gasteiger charge is 2.61. The Morgan fingerprint density at radius 1 is 1.04 bits per heavy atom. The molecule has 0 aromatic rings. The zero-order chi connectivity index (χ0) is 19.6. The molecule has 4 aliphatic carbocycles. The van der Waals surface area contributed by atoms with Crippen LogP contribution < -0.4 is 0 Å². The van der Waals surface area contributed by atoms with Crippen LogP contribution >= 0.6 is 0 Å². The molecule has 0 aliphatic heterocycles. The van der Waals surface area contributed by atoms with Crippen LogP contribution in [0.1, 0.15) is 65.2 Å². The van der Waals surface area contributed by atoms with Crippen LogP contribution in [0.15, 0.2) is 0 Å². The van der Waals surface area contributed by atoms with Gasteiger partial charge in [0, 0.05) is 0 Å². The van der Waals surface area contributed by atoms with Gasteiger partial charge in [0.1, 0.15) is 0 Å². The van der Waals surface area contributed by atoms with E-state index in [0.29, 0.717) is 24.2 Å². The predicted octanol–water partition coefficient (Wildman–Crippen LogP) is 5.04. The van der Waals surface area contributed by atoms with Crippen LogP contribution in [0.3, 0.4) is 0 Å². The Balaban J connectivity index is 1.59. The van der Waals surface area contributed by atoms with Crippen molar-refractivity contribution < 1.29 is 23.0 Å². The minimum atomic E-state index is -4.71. The maximum Gasteiger partial charge on any atom is 0.522 e. The van der Waals surface area contributed by atoms with Gasteiger partial charge in [-0.1, -0.05) is 13.8 Å². The Labute approximate surface area is 159 Å². The van der Waals surface area contributed by atoms with Crippen molar-refractivity contribution in [2.75, 3.05) is 0 Å². The molecule has 27 heavy (non-hydrogen) atoms. The zero-order valence-corrected chi connectivity index (χ0v) is 16.1. The molecule has 4 fully saturated rings. The fourth-order valence-electron chi connectivity index (χ4n) is 7.76. The van der Waals surface area contributed by atoms with Crippen molar-refractivity contribution in [1.82, 2.24) is 0 Å². The molecule has 4 rings (SSSR count). The lowest BCUT2D eigenvalue weighted by atomic mass is 9.44. The number of rotatable bonds is 1. The van der Waals surface area contributed by atoms with Gasteiger partial charge in [0.2, 0.25) is 0 Å². The second-order valence-electron chi connectivity index (χ2n) is 10.1. The molecule has 6 heteroatoms. The molecule has 0 spiro atoms. The first-order valence-electron chi connectivity index (χ1n) is 10.4. The number of alkyl halides is 3. The van der Waals surface area contributed by atoms with E-state index in [9.17, 15) is 23.5 Å². The van der Waals surface area contributed by atoms with E-state index in [1.165, 1.54) is 0 Å². The highest BCUT2D eigenvalue weighted by atomic mass is 19.4. The van der Waals surface area contributed by atoms with E-state index < -0.39 is 18.6 Å². The average Bonchev–Trinajstić information content (AvgIpc) is 2.91. The fraction of sp³-hybridized carbons (Fsp3) is 0.952. The molecular weight excluding hydrogens is 355 g/mol. The van der Waals surface area contributed by atoms with Crippen molar-refractivity contribution in [3.63, 3.8) is 0 Å². The predicted molar refractivity (Wildman–Crippen MR) is 93.1 cm³/mol. The molecule has 1 N–H and O–H groups in total. The Hall–Kier alpha value is -0.800. The minimum Gasteiger partial charge on any atom is -0.390 e. The SMILES string of the molecule is CC12CCC3C(CCC4CC(O)C(OC(F)(F)F)CC43C)C1CCC2C#N. The molecule has 4 saturated carbocycles. The van der Waals surface area contributed by atoms with Crippen LogP contribution in [0.2, 0.25) is 0 Å². The van der Waals surface area contributed by atoms with Gasteiger partial charge >= 0.3 is 6.36 Å². The summed E-state index contributed by atoms with van der Waals surface area (Å²) in [6, 6.07) is 2.53. The number of ether oxygens (including phenoxy) is 1. The van der Waals surface area contributed by atoms with Crippen LogP contribution in [0.4, 0.5) is 13.2 Å². The molecule has 0 heterocycles. The first-order valence-corrected chi connectivity index (χ1v) is 10.4. The molecule has 9 atom stereocenters. The molecule has 0 aromatic heterocycles. The van der Waals surface area contributed by atoms with E-state index in [1.807, 2.05) is 0 Å². The molecule has 3 nitrogen and oxygen atoms in total. The van der Waals surface area contributed by atoms with Crippen molar-refractivity contribution in [2.45, 2.75) is 83.8 Å². The van der Waals surface area contributed by atoms with Crippen LogP contribution in [0.25, 0.3) is 0 Å². The standard InChI is InChI=1S/C21H30F3NO2/c1-19-8-7-16-14(15(19)6-4-13(19)11-25)5-3-12-9-17(26)18(10-20(12,16)2)27-21(22,23)24/h12-18,26H,3-10H2,1-2H3. The van der Waals surface area contributed by atoms with E-state index in [4.69, 9.17) is 0 Å². The Morgan fingerprint density at radius 2 is 1.74 bits per heavy atom. The fourth-order valence-corrected chi connectivity index (χ4v) is 7.76. The lowest BCUT2D eigenvalue weighted by Crippen LogP contribution is -2.57. The van der Waals surface area contributed by atoms with Crippen molar-refractivity contribution in [3.05, 3.63) is 0 Å². The summed E-state index contributed by atoms with van der Waals surface area (Å²) in [5.41, 5.74) is -0.153. The van der Waals surface area contributed by atoms with Gasteiger partial charge < -0.3 is 5.11 Å². The van der Waals surface area contributed by atoms with Crippen molar-refractivity contribution in [2.24, 2.45) is 40.4 Å². The molecule has 0 radical (unpaired) electrons. The second-order valence-corrected chi connectivity index (χ2v) is 10.1. The van der Waals surface area contributed by atoms with E-state index in [0.717, 1.165) is 38.5 Å². The highest BCUT2D eigenvalue weighted by Crippen LogP contribution is 2.67. The third-order valence-electron chi connectivity index (χ3n) is 9.10. The number of nitrogens with zero attached hydrogens (tertiary/aromatic N) is 1. The highest BCUT2D eigenvalue weighted by molar-refractivity contribution is 5.13. The monoisotopic (exact) mass is 385 g/mol. The van der Waals surface area contributed by atoms with Crippen molar-refractivity contribution >= 4 is 0 Å². The van der Waals surface area contributed by atoms with E-state index in [2.05, 4.69) is 24.7 Å². The second kappa shape index (κ2) is 6.35. The van der Waals surface area contributed by atoms with Gasteiger partial charge in [-0.25, -0.2) is 0 Å². The number of hydrogen-bond donors (Lipinski definition) is 1. The number of halogens is 3. The van der Waals surface area contributed by atoms with E-state index >= 15 is 0 Å². The van der Waals surface area contributed by atoms with Gasteiger partial charge in [-0.2, -0.15) is 5.26 Å². The Bertz CT molecular complexity index is 632. The Morgan fingerprint density at radius 3 is 2.41 bits per heavy atom. The van der Waals surface area contributed by atoms with E-state index in [1.54, 1.807) is 0 Å². The molecular formula is C21H30F3NO2. The summed E-state index contributed by atoms with van der Waals surface area (Å²) in [5.74, 6) is 1.75. The average molecular weight is 385 g/mol. The smallest absolute Gasteiger partial charge is 0.390 e. The van der Waals surface area contributed by atoms with Gasteiger partial charge in [-0.05, 0) is 85.9 Å². The largest absolute Gasteiger partial charge is 0.522 e. The van der Waals surface area contributed by atoms with Crippen molar-refractivity contribution in [1.29, 1.82) is 5.26 Å². The van der Waals surface area contributed by atoms with Crippen LogP contribution in [-0.2, 0) is 4.74 Å². The number of hydrogen-bond acceptors (Lipinski definition) is 3. The topological polar surface area (TPSA) is 53.2 Å². The Kier molecular flexibility index (Phi) is 4.59. The molecule has 152 valence electrons. The maximum atomic E-state index is 12.8. The minimum absolute atomic E-state index is 0.0646. The van der Waals surface area contributed by atoms with Crippen molar-refractivity contribution in [3.8, 4) is 6.07 Å². The van der Waals surface area contributed by atoms with Gasteiger partial charge in [0.15, 0.2) is 0 Å². The zero-order valence-electron chi connectivity index (χ0n) is 16.1. The lowest BCUT2D eigenvalue weighted by molar-refractivity contribution is -0.361. The van der Waals surface area contributed by atoms with E-state index in [-0.39, 0.29) is 29.1 Å². The summed E-state index contributed by atoms with van der Waals surface area (Å²) >= 11 is 0. The van der Waals surface area contributed by atoms with Gasteiger partial charge in [-0.3, -0.25) is 4.74 Å². The summed E-state index contributed by atoms with van der Waals surface area (Å²) in [4.78, 5) is 0. The van der Waals surface area contributed by atoms with Crippen LogP contribution in [0, 0.1) is 51.8 Å². The third kappa shape index (κ3) is 3.00. The maximum absolute atomic E-state index is 12.8. The molecule has 9 unspecified atom stereocenters. The first-order chi connectivity index (χ1) is 12.6. The number of aliphatic hydroxyl groups is 1. The van der Waals surface area contributed by atoms with Crippen LogP contribution in [0.5, 0.6) is 0 Å². The summed E-state index contributed by atoms with van der Waals surface area (Å²) in [6.07, 6.45) is -0.157. The van der Waals surface area contributed by atoms with Gasteiger partial charge in [0.05, 0.1) is 24.2 Å². The molecule has 0 saturated heterocycles. The summed E-state index contributed by atoms with van der Waals surface area (Å²) in [6.45, 7) is 4.41. The van der Waals surface area contributed by atoms with Gasteiger partial charge in [-0.15, -0.1) is 13.2 Å². The van der Waals surface area contributed by atoms with Gasteiger partial charge in [0.25, 0.3) is 0 Å². The summed E-state index contributed by atoms with van der Waals surface area (Å²) in [5, 5.41) is 19.9. The quantitative estimate of drug-likeness (QED) is 0.688. The number of nitriles is 1. The first kappa shape index (κ1) is 19.5.